The normalized spacial score (nSPS) is 14.9. The summed E-state index contributed by atoms with van der Waals surface area (Å²) in [6, 6.07) is 14.3. The summed E-state index contributed by atoms with van der Waals surface area (Å²) >= 11 is 0. The molecule has 0 unspecified atom stereocenters. The lowest BCUT2D eigenvalue weighted by Crippen LogP contribution is -2.40. The Morgan fingerprint density at radius 1 is 1.12 bits per heavy atom. The number of benzene rings is 2. The third-order valence-corrected chi connectivity index (χ3v) is 7.40. The minimum Gasteiger partial charge on any atom is -0.357 e. The molecule has 0 bridgehead atoms. The van der Waals surface area contributed by atoms with Gasteiger partial charge in [0.15, 0.2) is 5.82 Å². The van der Waals surface area contributed by atoms with Crippen LogP contribution in [-0.4, -0.2) is 31.7 Å². The number of pyridine rings is 1. The molecule has 1 N–H and O–H groups in total. The van der Waals surface area contributed by atoms with E-state index in [9.17, 15) is 4.79 Å². The monoisotopic (exact) mass is 456 g/mol. The number of hydrogen-bond acceptors (Lipinski definition) is 5. The van der Waals surface area contributed by atoms with E-state index >= 15 is 0 Å². The largest absolute Gasteiger partial charge is 0.357 e. The van der Waals surface area contributed by atoms with Crippen molar-refractivity contribution < 1.29 is 0 Å². The van der Waals surface area contributed by atoms with E-state index in [1.165, 1.54) is 5.56 Å². The van der Waals surface area contributed by atoms with Crippen LogP contribution in [0, 0.1) is 13.8 Å². The van der Waals surface area contributed by atoms with Crippen LogP contribution < -0.4 is 10.5 Å². The molecular weight excluding hydrogens is 424 g/mol. The molecule has 0 fully saturated rings. The molecule has 4 aromatic rings. The Morgan fingerprint density at radius 2 is 1.88 bits per heavy atom. The zero-order valence-corrected chi connectivity index (χ0v) is 20.6. The molecule has 0 spiro atoms. The van der Waals surface area contributed by atoms with Crippen LogP contribution in [0.5, 0.6) is 0 Å². The highest BCUT2D eigenvalue weighted by atomic mass is 16.1. The van der Waals surface area contributed by atoms with E-state index < -0.39 is 6.04 Å². The lowest BCUT2D eigenvalue weighted by molar-refractivity contribution is 0.287. The third kappa shape index (κ3) is 3.59. The van der Waals surface area contributed by atoms with E-state index in [0.29, 0.717) is 11.4 Å². The molecule has 5 rings (SSSR count). The molecule has 1 atom stereocenters. The molecule has 0 saturated carbocycles. The van der Waals surface area contributed by atoms with Gasteiger partial charge in [-0.1, -0.05) is 37.3 Å². The van der Waals surface area contributed by atoms with Crippen molar-refractivity contribution in [2.45, 2.75) is 65.5 Å². The lowest BCUT2D eigenvalue weighted by Gasteiger charge is -2.38. The zero-order chi connectivity index (χ0) is 24.0. The molecule has 0 saturated heterocycles. The second-order valence-electron chi connectivity index (χ2n) is 9.98. The molecule has 2 aromatic heterocycles. The summed E-state index contributed by atoms with van der Waals surface area (Å²) in [7, 11) is 0. The number of nitrogens with zero attached hydrogens (tertiary/aromatic N) is 5. The summed E-state index contributed by atoms with van der Waals surface area (Å²) in [5.41, 5.74) is 5.78. The molecule has 1 aliphatic heterocycles. The average Bonchev–Trinajstić information content (AvgIpc) is 3.33. The van der Waals surface area contributed by atoms with Gasteiger partial charge < -0.3 is 9.88 Å². The molecule has 0 radical (unpaired) electrons. The highest BCUT2D eigenvalue weighted by molar-refractivity contribution is 5.85. The third-order valence-electron chi connectivity index (χ3n) is 7.40. The maximum Gasteiger partial charge on any atom is 0.254 e. The number of para-hydroxylation sites is 1. The van der Waals surface area contributed by atoms with Gasteiger partial charge in [-0.3, -0.25) is 4.79 Å². The highest BCUT2D eigenvalue weighted by Gasteiger charge is 2.36. The van der Waals surface area contributed by atoms with Gasteiger partial charge in [0.1, 0.15) is 6.04 Å². The Bertz CT molecular complexity index is 1420. The molecule has 0 amide bonds. The smallest absolute Gasteiger partial charge is 0.254 e. The SMILES string of the molecule is CCC(C)(C)n1nnnc1[C@@H](c1cc2c(C)ccc(C)c2[nH]c1=O)N1CCCc2ccccc21. The van der Waals surface area contributed by atoms with Crippen LogP contribution in [0.15, 0.2) is 47.3 Å². The van der Waals surface area contributed by atoms with Crippen molar-refractivity contribution in [1.29, 1.82) is 0 Å². The molecule has 7 nitrogen and oxygen atoms in total. The fourth-order valence-corrected chi connectivity index (χ4v) is 5.02. The summed E-state index contributed by atoms with van der Waals surface area (Å²) in [6.07, 6.45) is 2.90. The summed E-state index contributed by atoms with van der Waals surface area (Å²) in [6.45, 7) is 11.3. The highest BCUT2D eigenvalue weighted by Crippen LogP contribution is 2.38. The predicted octanol–water partition coefficient (Wildman–Crippen LogP) is 4.82. The summed E-state index contributed by atoms with van der Waals surface area (Å²) < 4.78 is 1.90. The Balaban J connectivity index is 1.80. The van der Waals surface area contributed by atoms with Crippen molar-refractivity contribution in [2.24, 2.45) is 0 Å². The van der Waals surface area contributed by atoms with Gasteiger partial charge in [0.2, 0.25) is 0 Å². The first-order valence-electron chi connectivity index (χ1n) is 12.1. The standard InChI is InChI=1S/C27H32N6O/c1-6-27(4,5)33-25(29-30-31-33)24(32-15-9-11-19-10-7-8-12-22(19)32)21-16-20-17(2)13-14-18(3)23(20)28-26(21)34/h7-8,10,12-14,16,24H,6,9,11,15H2,1-5H3,(H,28,34)/t24-/m1/s1. The number of fused-ring (bicyclic) bond motifs is 2. The van der Waals surface area contributed by atoms with E-state index in [0.717, 1.165) is 53.5 Å². The van der Waals surface area contributed by atoms with Crippen LogP contribution in [0.4, 0.5) is 5.69 Å². The van der Waals surface area contributed by atoms with E-state index in [1.54, 1.807) is 0 Å². The average molecular weight is 457 g/mol. The van der Waals surface area contributed by atoms with Gasteiger partial charge >= 0.3 is 0 Å². The number of aryl methyl sites for hydroxylation is 3. The van der Waals surface area contributed by atoms with Crippen LogP contribution in [0.3, 0.4) is 0 Å². The number of anilines is 1. The van der Waals surface area contributed by atoms with Gasteiger partial charge in [-0.05, 0) is 86.2 Å². The summed E-state index contributed by atoms with van der Waals surface area (Å²) in [5, 5.41) is 14.1. The topological polar surface area (TPSA) is 79.7 Å². The maximum atomic E-state index is 13.7. The van der Waals surface area contributed by atoms with Crippen molar-refractivity contribution in [1.82, 2.24) is 25.2 Å². The number of rotatable bonds is 5. The molecule has 0 aliphatic carbocycles. The first kappa shape index (κ1) is 22.3. The van der Waals surface area contributed by atoms with Crippen LogP contribution in [-0.2, 0) is 12.0 Å². The van der Waals surface area contributed by atoms with E-state index in [4.69, 9.17) is 0 Å². The van der Waals surface area contributed by atoms with E-state index in [2.05, 4.69) is 95.6 Å². The van der Waals surface area contributed by atoms with Crippen LogP contribution >= 0.6 is 0 Å². The summed E-state index contributed by atoms with van der Waals surface area (Å²) in [4.78, 5) is 19.2. The molecule has 1 aliphatic rings. The summed E-state index contributed by atoms with van der Waals surface area (Å²) in [5.74, 6) is 0.693. The van der Waals surface area contributed by atoms with Crippen molar-refractivity contribution in [3.8, 4) is 0 Å². The second kappa shape index (κ2) is 8.38. The molecule has 176 valence electrons. The zero-order valence-electron chi connectivity index (χ0n) is 20.6. The Morgan fingerprint density at radius 3 is 2.68 bits per heavy atom. The number of nitrogens with one attached hydrogen (secondary N) is 1. The number of aromatic amines is 1. The van der Waals surface area contributed by atoms with Crippen LogP contribution in [0.1, 0.15) is 67.7 Å². The quantitative estimate of drug-likeness (QED) is 0.466. The van der Waals surface area contributed by atoms with Crippen molar-refractivity contribution in [3.63, 3.8) is 0 Å². The van der Waals surface area contributed by atoms with Crippen molar-refractivity contribution in [2.75, 3.05) is 11.4 Å². The predicted molar refractivity (Wildman–Crippen MR) is 135 cm³/mol. The number of aromatic nitrogens is 5. The first-order chi connectivity index (χ1) is 16.3. The van der Waals surface area contributed by atoms with Gasteiger partial charge in [-0.25, -0.2) is 4.68 Å². The number of tetrazole rings is 1. The number of hydrogen-bond donors (Lipinski definition) is 1. The van der Waals surface area contributed by atoms with Gasteiger partial charge in [-0.2, -0.15) is 0 Å². The lowest BCUT2D eigenvalue weighted by atomic mass is 9.94. The second-order valence-corrected chi connectivity index (χ2v) is 9.98. The molecule has 3 heterocycles. The van der Waals surface area contributed by atoms with Gasteiger partial charge in [-0.15, -0.1) is 5.10 Å². The fraction of sp³-hybridized carbons (Fsp3) is 0.407. The van der Waals surface area contributed by atoms with E-state index in [-0.39, 0.29) is 11.1 Å². The Hall–Kier alpha value is -3.48. The minimum atomic E-state index is -0.407. The molecule has 34 heavy (non-hydrogen) atoms. The molecular formula is C27H32N6O. The van der Waals surface area contributed by atoms with E-state index in [1.807, 2.05) is 11.6 Å². The Labute approximate surface area is 199 Å². The minimum absolute atomic E-state index is 0.0990. The maximum absolute atomic E-state index is 13.7. The molecule has 7 heteroatoms. The molecule has 2 aromatic carbocycles. The number of H-pyrrole nitrogens is 1. The van der Waals surface area contributed by atoms with Gasteiger partial charge in [0.25, 0.3) is 5.56 Å². The van der Waals surface area contributed by atoms with Crippen molar-refractivity contribution in [3.05, 3.63) is 80.9 Å². The Kier molecular flexibility index (Phi) is 5.50. The van der Waals surface area contributed by atoms with Gasteiger partial charge in [0, 0.05) is 23.2 Å². The first-order valence-corrected chi connectivity index (χ1v) is 12.1. The fourth-order valence-electron chi connectivity index (χ4n) is 5.02. The van der Waals surface area contributed by atoms with Gasteiger partial charge in [0.05, 0.1) is 11.1 Å². The van der Waals surface area contributed by atoms with Crippen LogP contribution in [0.2, 0.25) is 0 Å². The van der Waals surface area contributed by atoms with Crippen molar-refractivity contribution >= 4 is 16.6 Å². The van der Waals surface area contributed by atoms with Crippen LogP contribution in [0.25, 0.3) is 10.9 Å².